The van der Waals surface area contributed by atoms with Gasteiger partial charge >= 0.3 is 0 Å². The minimum atomic E-state index is -0.466. The van der Waals surface area contributed by atoms with Crippen LogP contribution in [-0.4, -0.2) is 32.1 Å². The minimum Gasteiger partial charge on any atom is -0.341 e. The van der Waals surface area contributed by atoms with Crippen LogP contribution in [0.4, 0.5) is 11.4 Å². The largest absolute Gasteiger partial charge is 0.341 e. The van der Waals surface area contributed by atoms with E-state index in [1.807, 2.05) is 0 Å². The van der Waals surface area contributed by atoms with E-state index in [2.05, 4.69) is 85.4 Å². The van der Waals surface area contributed by atoms with Crippen LogP contribution in [0.25, 0.3) is 0 Å². The Morgan fingerprint density at radius 2 is 1.73 bits per heavy atom. The van der Waals surface area contributed by atoms with Crippen LogP contribution in [-0.2, 0) is 11.8 Å². The van der Waals surface area contributed by atoms with E-state index >= 15 is 0 Å². The number of rotatable bonds is 5. The Balaban J connectivity index is 0.00000243. The number of hydrogen-bond donors (Lipinski definition) is 0. The molecule has 4 heteroatoms. The van der Waals surface area contributed by atoms with Gasteiger partial charge in [0.05, 0.1) is 11.5 Å². The molecule has 3 nitrogen and oxygen atoms in total. The number of benzene rings is 2. The smallest absolute Gasteiger partial charge is 0.0883 e. The second kappa shape index (κ2) is 8.58. The van der Waals surface area contributed by atoms with E-state index in [0.29, 0.717) is 0 Å². The summed E-state index contributed by atoms with van der Waals surface area (Å²) < 4.78 is 0. The molecule has 0 aromatic heterocycles. The van der Waals surface area contributed by atoms with Crippen LogP contribution in [0, 0.1) is 11.3 Å². The van der Waals surface area contributed by atoms with Crippen LogP contribution < -0.4 is 4.90 Å². The van der Waals surface area contributed by atoms with Gasteiger partial charge in [0.2, 0.25) is 0 Å². The molecule has 0 aliphatic carbocycles. The lowest BCUT2D eigenvalue weighted by Crippen LogP contribution is -2.29. The lowest BCUT2D eigenvalue weighted by Gasteiger charge is -2.29. The molecule has 3 rings (SSSR count). The van der Waals surface area contributed by atoms with Crippen molar-refractivity contribution in [1.29, 1.82) is 5.26 Å². The van der Waals surface area contributed by atoms with E-state index in [1.54, 1.807) is 0 Å². The summed E-state index contributed by atoms with van der Waals surface area (Å²) in [4.78, 5) is 4.55. The van der Waals surface area contributed by atoms with Gasteiger partial charge in [0, 0.05) is 17.9 Å². The molecular weight excluding hydrogens is 342 g/mol. The maximum atomic E-state index is 10.3. The molecule has 0 saturated carbocycles. The van der Waals surface area contributed by atoms with Crippen molar-refractivity contribution in [3.05, 3.63) is 59.7 Å². The van der Waals surface area contributed by atoms with Crippen molar-refractivity contribution in [3.63, 3.8) is 0 Å². The Morgan fingerprint density at radius 1 is 1.08 bits per heavy atom. The molecule has 138 valence electrons. The molecule has 0 saturated heterocycles. The minimum absolute atomic E-state index is 0. The first-order chi connectivity index (χ1) is 12.1. The molecule has 1 aliphatic rings. The van der Waals surface area contributed by atoms with Crippen molar-refractivity contribution in [3.8, 4) is 6.07 Å². The number of anilines is 2. The highest BCUT2D eigenvalue weighted by atomic mass is 35.5. The van der Waals surface area contributed by atoms with Crippen LogP contribution in [0.1, 0.15) is 30.9 Å². The zero-order chi connectivity index (χ0) is 17.9. The van der Waals surface area contributed by atoms with Crippen molar-refractivity contribution in [2.45, 2.75) is 31.6 Å². The summed E-state index contributed by atoms with van der Waals surface area (Å²) in [5, 5.41) is 10.3. The third-order valence-corrected chi connectivity index (χ3v) is 5.22. The van der Waals surface area contributed by atoms with Crippen molar-refractivity contribution < 1.29 is 0 Å². The van der Waals surface area contributed by atoms with Gasteiger partial charge in [-0.1, -0.05) is 36.4 Å². The molecule has 0 fully saturated rings. The van der Waals surface area contributed by atoms with E-state index in [4.69, 9.17) is 0 Å². The molecule has 0 spiro atoms. The molecule has 26 heavy (non-hydrogen) atoms. The molecule has 0 N–H and O–H groups in total. The first-order valence-corrected chi connectivity index (χ1v) is 9.12. The van der Waals surface area contributed by atoms with Crippen LogP contribution in [0.3, 0.4) is 0 Å². The van der Waals surface area contributed by atoms with E-state index in [1.165, 1.54) is 22.5 Å². The average Bonchev–Trinajstić information content (AvgIpc) is 2.74. The fourth-order valence-corrected chi connectivity index (χ4v) is 4.00. The van der Waals surface area contributed by atoms with Crippen LogP contribution in [0.2, 0.25) is 0 Å². The number of fused-ring (bicyclic) bond motifs is 2. The van der Waals surface area contributed by atoms with Crippen molar-refractivity contribution in [1.82, 2.24) is 4.90 Å². The van der Waals surface area contributed by atoms with Gasteiger partial charge in [0.15, 0.2) is 0 Å². The van der Waals surface area contributed by atoms with Gasteiger partial charge in [-0.3, -0.25) is 0 Å². The SMILES string of the molecule is CCN1c2ccccc2CC(C#N)(CCCN(C)C)c2ccccc21.Cl. The molecule has 1 heterocycles. The molecule has 0 bridgehead atoms. The molecule has 1 unspecified atom stereocenters. The molecule has 2 aromatic carbocycles. The van der Waals surface area contributed by atoms with Crippen LogP contribution >= 0.6 is 12.4 Å². The monoisotopic (exact) mass is 369 g/mol. The molecule has 1 aliphatic heterocycles. The topological polar surface area (TPSA) is 30.3 Å². The molecular formula is C22H28ClN3. The summed E-state index contributed by atoms with van der Waals surface area (Å²) in [7, 11) is 4.18. The van der Waals surface area contributed by atoms with Gasteiger partial charge in [-0.15, -0.1) is 12.4 Å². The first kappa shape index (κ1) is 20.3. The van der Waals surface area contributed by atoms with Gasteiger partial charge in [0.25, 0.3) is 0 Å². The second-order valence-electron chi connectivity index (χ2n) is 7.17. The lowest BCUT2D eigenvalue weighted by molar-refractivity contribution is 0.367. The fourth-order valence-electron chi connectivity index (χ4n) is 4.00. The van der Waals surface area contributed by atoms with Gasteiger partial charge in [-0.25, -0.2) is 0 Å². The molecule has 2 aromatic rings. The van der Waals surface area contributed by atoms with Crippen LogP contribution in [0.15, 0.2) is 48.5 Å². The van der Waals surface area contributed by atoms with Crippen molar-refractivity contribution in [2.75, 3.05) is 32.1 Å². The fraction of sp³-hybridized carbons (Fsp3) is 0.409. The Hall–Kier alpha value is -2.02. The Morgan fingerprint density at radius 3 is 2.38 bits per heavy atom. The molecule has 0 amide bonds. The number of halogens is 1. The van der Waals surface area contributed by atoms with Gasteiger partial charge < -0.3 is 9.80 Å². The zero-order valence-electron chi connectivity index (χ0n) is 15.9. The maximum Gasteiger partial charge on any atom is 0.0883 e. The highest BCUT2D eigenvalue weighted by Gasteiger charge is 2.38. The zero-order valence-corrected chi connectivity index (χ0v) is 16.7. The van der Waals surface area contributed by atoms with Gasteiger partial charge in [0.1, 0.15) is 0 Å². The maximum absolute atomic E-state index is 10.3. The first-order valence-electron chi connectivity index (χ1n) is 9.12. The number of nitriles is 1. The summed E-state index contributed by atoms with van der Waals surface area (Å²) in [6.45, 7) is 4.08. The van der Waals surface area contributed by atoms with Crippen molar-refractivity contribution >= 4 is 23.8 Å². The standard InChI is InChI=1S/C22H27N3.ClH/c1-4-25-20-12-7-5-10-18(20)16-22(17-23,14-9-15-24(2)3)19-11-6-8-13-21(19)25;/h5-8,10-13H,4,9,14-16H2,1-3H3;1H. The summed E-state index contributed by atoms with van der Waals surface area (Å²) in [6.07, 6.45) is 2.67. The summed E-state index contributed by atoms with van der Waals surface area (Å²) in [5.41, 5.74) is 4.40. The Bertz CT molecular complexity index is 781. The normalized spacial score (nSPS) is 18.3. The highest BCUT2D eigenvalue weighted by molar-refractivity contribution is 5.85. The van der Waals surface area contributed by atoms with E-state index in [-0.39, 0.29) is 12.4 Å². The van der Waals surface area contributed by atoms with Gasteiger partial charge in [-0.05, 0) is 70.1 Å². The average molecular weight is 370 g/mol. The second-order valence-corrected chi connectivity index (χ2v) is 7.17. The number of para-hydroxylation sites is 2. The van der Waals surface area contributed by atoms with E-state index in [0.717, 1.165) is 32.4 Å². The van der Waals surface area contributed by atoms with Crippen molar-refractivity contribution in [2.24, 2.45) is 0 Å². The quantitative estimate of drug-likeness (QED) is 0.748. The van der Waals surface area contributed by atoms with Crippen LogP contribution in [0.5, 0.6) is 0 Å². The third-order valence-electron chi connectivity index (χ3n) is 5.22. The third kappa shape index (κ3) is 3.72. The predicted molar refractivity (Wildman–Crippen MR) is 112 cm³/mol. The predicted octanol–water partition coefficient (Wildman–Crippen LogP) is 4.93. The molecule has 0 radical (unpaired) electrons. The Labute approximate surface area is 163 Å². The summed E-state index contributed by atoms with van der Waals surface area (Å²) in [5.74, 6) is 0. The van der Waals surface area contributed by atoms with E-state index < -0.39 is 5.41 Å². The van der Waals surface area contributed by atoms with Gasteiger partial charge in [-0.2, -0.15) is 5.26 Å². The number of nitrogens with zero attached hydrogens (tertiary/aromatic N) is 3. The summed E-state index contributed by atoms with van der Waals surface area (Å²) >= 11 is 0. The lowest BCUT2D eigenvalue weighted by atomic mass is 9.73. The van der Waals surface area contributed by atoms with E-state index in [9.17, 15) is 5.26 Å². The Kier molecular flexibility index (Phi) is 6.69. The highest BCUT2D eigenvalue weighted by Crippen LogP contribution is 2.45. The number of hydrogen-bond acceptors (Lipinski definition) is 3. The molecule has 1 atom stereocenters. The summed E-state index contributed by atoms with van der Waals surface area (Å²) in [6, 6.07) is 19.7.